The van der Waals surface area contributed by atoms with Gasteiger partial charge in [0.05, 0.1) is 5.75 Å². The number of benzene rings is 1. The molecule has 1 saturated heterocycles. The first-order valence-corrected chi connectivity index (χ1v) is 11.8. The lowest BCUT2D eigenvalue weighted by molar-refractivity contribution is -0.139. The van der Waals surface area contributed by atoms with Crippen molar-refractivity contribution in [3.05, 3.63) is 23.8 Å². The average molecular weight is 417 g/mol. The molecule has 0 N–H and O–H groups in total. The lowest BCUT2D eigenvalue weighted by atomic mass is 10.1. The van der Waals surface area contributed by atoms with E-state index in [-0.39, 0.29) is 30.4 Å². The molecule has 4 aliphatic rings. The van der Waals surface area contributed by atoms with Crippen LogP contribution in [0.2, 0.25) is 0 Å². The van der Waals surface area contributed by atoms with Gasteiger partial charge in [0.25, 0.3) is 0 Å². The van der Waals surface area contributed by atoms with Gasteiger partial charge in [0, 0.05) is 37.3 Å². The number of carbonyl (C=O) groups is 2. The fourth-order valence-corrected chi connectivity index (χ4v) is 5.95. The first kappa shape index (κ1) is 19.1. The van der Waals surface area contributed by atoms with Crippen LogP contribution < -0.4 is 9.47 Å². The number of ether oxygens (including phenoxy) is 2. The number of hydrogen-bond acceptors (Lipinski definition) is 5. The van der Waals surface area contributed by atoms with E-state index in [1.807, 2.05) is 39.8 Å². The molecule has 2 aliphatic carbocycles. The maximum absolute atomic E-state index is 12.9. The summed E-state index contributed by atoms with van der Waals surface area (Å²) in [5.74, 6) is 2.97. The largest absolute Gasteiger partial charge is 0.454 e. The molecule has 0 radical (unpaired) electrons. The molecule has 2 atom stereocenters. The second kappa shape index (κ2) is 8.09. The van der Waals surface area contributed by atoms with Crippen LogP contribution in [-0.2, 0) is 9.59 Å². The van der Waals surface area contributed by atoms with Crippen LogP contribution in [0.4, 0.5) is 0 Å². The van der Waals surface area contributed by atoms with E-state index in [0.717, 1.165) is 23.5 Å². The summed E-state index contributed by atoms with van der Waals surface area (Å²) < 4.78 is 10.8. The van der Waals surface area contributed by atoms with Crippen LogP contribution in [0.1, 0.15) is 43.6 Å². The summed E-state index contributed by atoms with van der Waals surface area (Å²) >= 11 is 1.82. The molecule has 156 valence electrons. The Morgan fingerprint density at radius 2 is 1.72 bits per heavy atom. The fourth-order valence-electron chi connectivity index (χ4n) is 4.73. The van der Waals surface area contributed by atoms with E-state index in [9.17, 15) is 9.59 Å². The number of thioether (sulfide) groups is 1. The van der Waals surface area contributed by atoms with Gasteiger partial charge in [-0.2, -0.15) is 0 Å². The van der Waals surface area contributed by atoms with Crippen LogP contribution in [0.15, 0.2) is 18.2 Å². The van der Waals surface area contributed by atoms with E-state index in [0.29, 0.717) is 37.2 Å². The van der Waals surface area contributed by atoms with Crippen molar-refractivity contribution >= 4 is 23.6 Å². The van der Waals surface area contributed by atoms with Crippen LogP contribution in [0.25, 0.3) is 0 Å². The zero-order chi connectivity index (χ0) is 19.8. The van der Waals surface area contributed by atoms with Crippen molar-refractivity contribution in [1.29, 1.82) is 0 Å². The second-order valence-corrected chi connectivity index (χ2v) is 9.77. The zero-order valence-electron chi connectivity index (χ0n) is 16.7. The predicted octanol–water partition coefficient (Wildman–Crippen LogP) is 2.87. The molecule has 2 saturated carbocycles. The SMILES string of the molecule is O=C(CSC1CCCC1)N1CCN(C(=O)[C@H]2C[C@H]2c2ccc3c(c2)OCO3)CC1. The number of nitrogens with zero attached hydrogens (tertiary/aromatic N) is 2. The van der Waals surface area contributed by atoms with Crippen LogP contribution in [0.5, 0.6) is 11.5 Å². The van der Waals surface area contributed by atoms with Gasteiger partial charge in [-0.05, 0) is 42.9 Å². The third-order valence-corrected chi connectivity index (χ3v) is 7.98. The van der Waals surface area contributed by atoms with Crippen LogP contribution >= 0.6 is 11.8 Å². The van der Waals surface area contributed by atoms with E-state index in [1.165, 1.54) is 25.7 Å². The molecule has 2 heterocycles. The van der Waals surface area contributed by atoms with E-state index < -0.39 is 0 Å². The van der Waals surface area contributed by atoms with Gasteiger partial charge in [0.2, 0.25) is 18.6 Å². The predicted molar refractivity (Wildman–Crippen MR) is 111 cm³/mol. The molecule has 0 spiro atoms. The number of amides is 2. The maximum Gasteiger partial charge on any atom is 0.232 e. The molecular weight excluding hydrogens is 388 g/mol. The molecule has 3 fully saturated rings. The number of piperazine rings is 1. The first-order chi connectivity index (χ1) is 14.2. The van der Waals surface area contributed by atoms with Gasteiger partial charge < -0.3 is 19.3 Å². The molecule has 1 aromatic rings. The Morgan fingerprint density at radius 3 is 2.52 bits per heavy atom. The number of carbonyl (C=O) groups excluding carboxylic acids is 2. The summed E-state index contributed by atoms with van der Waals surface area (Å²) in [6.45, 7) is 2.91. The van der Waals surface area contributed by atoms with Crippen molar-refractivity contribution in [1.82, 2.24) is 9.80 Å². The minimum absolute atomic E-state index is 0.0653. The Hall–Kier alpha value is -1.89. The highest BCUT2D eigenvalue weighted by atomic mass is 32.2. The van der Waals surface area contributed by atoms with Crippen molar-refractivity contribution in [2.24, 2.45) is 5.92 Å². The molecule has 1 aromatic carbocycles. The smallest absolute Gasteiger partial charge is 0.232 e. The number of fused-ring (bicyclic) bond motifs is 1. The van der Waals surface area contributed by atoms with E-state index in [2.05, 4.69) is 0 Å². The highest BCUT2D eigenvalue weighted by molar-refractivity contribution is 8.00. The maximum atomic E-state index is 12.9. The van der Waals surface area contributed by atoms with Crippen LogP contribution in [-0.4, -0.2) is 65.6 Å². The average Bonchev–Trinajstić information content (AvgIpc) is 3.14. The highest BCUT2D eigenvalue weighted by Crippen LogP contribution is 2.50. The molecule has 2 aliphatic heterocycles. The molecule has 0 aromatic heterocycles. The molecule has 29 heavy (non-hydrogen) atoms. The Balaban J connectivity index is 1.09. The minimum Gasteiger partial charge on any atom is -0.454 e. The summed E-state index contributed by atoms with van der Waals surface area (Å²) in [4.78, 5) is 29.3. The van der Waals surface area contributed by atoms with E-state index in [1.54, 1.807) is 0 Å². The van der Waals surface area contributed by atoms with Crippen molar-refractivity contribution in [3.8, 4) is 11.5 Å². The molecular formula is C22H28N2O4S. The quantitative estimate of drug-likeness (QED) is 0.739. The molecule has 0 unspecified atom stereocenters. The summed E-state index contributed by atoms with van der Waals surface area (Å²) in [5, 5.41) is 0.671. The highest BCUT2D eigenvalue weighted by Gasteiger charge is 2.46. The molecule has 5 rings (SSSR count). The van der Waals surface area contributed by atoms with Gasteiger partial charge in [0.15, 0.2) is 11.5 Å². The molecule has 7 heteroatoms. The third-order valence-electron chi connectivity index (χ3n) is 6.62. The second-order valence-electron chi connectivity index (χ2n) is 8.48. The standard InChI is InChI=1S/C22H28N2O4S/c25-21(13-29-16-3-1-2-4-16)23-7-9-24(10-8-23)22(26)18-12-17(18)15-5-6-19-20(11-15)28-14-27-19/h5-6,11,16-18H,1-4,7-10,12-14H2/t17-,18-/m0/s1. The van der Waals surface area contributed by atoms with Crippen LogP contribution in [0.3, 0.4) is 0 Å². The van der Waals surface area contributed by atoms with Crippen molar-refractivity contribution in [3.63, 3.8) is 0 Å². The Kier molecular flexibility index (Phi) is 5.33. The third kappa shape index (κ3) is 4.06. The van der Waals surface area contributed by atoms with E-state index >= 15 is 0 Å². The van der Waals surface area contributed by atoms with Gasteiger partial charge in [-0.25, -0.2) is 0 Å². The summed E-state index contributed by atoms with van der Waals surface area (Å²) in [7, 11) is 0. The Bertz CT molecular complexity index is 787. The Labute approximate surface area is 175 Å². The number of hydrogen-bond donors (Lipinski definition) is 0. The summed E-state index contributed by atoms with van der Waals surface area (Å²) in [6.07, 6.45) is 6.02. The summed E-state index contributed by atoms with van der Waals surface area (Å²) in [6, 6.07) is 5.99. The topological polar surface area (TPSA) is 59.1 Å². The summed E-state index contributed by atoms with van der Waals surface area (Å²) in [5.41, 5.74) is 1.16. The van der Waals surface area contributed by atoms with Gasteiger partial charge >= 0.3 is 0 Å². The van der Waals surface area contributed by atoms with Crippen LogP contribution in [0, 0.1) is 5.92 Å². The number of rotatable bonds is 5. The monoisotopic (exact) mass is 416 g/mol. The van der Waals surface area contributed by atoms with E-state index in [4.69, 9.17) is 9.47 Å². The molecule has 2 amide bonds. The van der Waals surface area contributed by atoms with Gasteiger partial charge in [-0.15, -0.1) is 11.8 Å². The fraction of sp³-hybridized carbons (Fsp3) is 0.636. The molecule has 0 bridgehead atoms. The lowest BCUT2D eigenvalue weighted by Crippen LogP contribution is -2.51. The van der Waals surface area contributed by atoms with Crippen molar-refractivity contribution < 1.29 is 19.1 Å². The zero-order valence-corrected chi connectivity index (χ0v) is 17.5. The van der Waals surface area contributed by atoms with Crippen molar-refractivity contribution in [2.75, 3.05) is 38.7 Å². The molecule has 6 nitrogen and oxygen atoms in total. The minimum atomic E-state index is 0.0653. The van der Waals surface area contributed by atoms with Gasteiger partial charge in [0.1, 0.15) is 0 Å². The van der Waals surface area contributed by atoms with Gasteiger partial charge in [-0.3, -0.25) is 9.59 Å². The first-order valence-electron chi connectivity index (χ1n) is 10.8. The van der Waals surface area contributed by atoms with Crippen molar-refractivity contribution in [2.45, 2.75) is 43.3 Å². The normalized spacial score (nSPS) is 26.1. The Morgan fingerprint density at radius 1 is 1.00 bits per heavy atom. The van der Waals surface area contributed by atoms with Gasteiger partial charge in [-0.1, -0.05) is 18.9 Å². The lowest BCUT2D eigenvalue weighted by Gasteiger charge is -2.35.